The van der Waals surface area contributed by atoms with Crippen molar-refractivity contribution < 1.29 is 19.1 Å². The molecule has 0 aliphatic carbocycles. The number of rotatable bonds is 8. The number of hydrogen-bond donors (Lipinski definition) is 1. The third kappa shape index (κ3) is 4.73. The van der Waals surface area contributed by atoms with Crippen molar-refractivity contribution in [2.75, 3.05) is 13.2 Å². The molecular formula is C22H19NO4. The van der Waals surface area contributed by atoms with Crippen molar-refractivity contribution in [3.8, 4) is 5.75 Å². The maximum Gasteiger partial charge on any atom is 0.331 e. The summed E-state index contributed by atoms with van der Waals surface area (Å²) in [5.41, 5.74) is 2.20. The Kier molecular flexibility index (Phi) is 5.84. The summed E-state index contributed by atoms with van der Waals surface area (Å²) < 4.78 is 10.4. The standard InChI is InChI=1S/C22H19NO4/c1-2-13-26-17-10-7-16(8-11-17)9-12-22(25)27-15-21(24)19-14-23-20-6-4-3-5-18(19)20/h2-12,14,23H,1,13,15H2/b12-9+. The van der Waals surface area contributed by atoms with Crippen LogP contribution in [-0.4, -0.2) is 30.0 Å². The molecule has 5 nitrogen and oxygen atoms in total. The average Bonchev–Trinajstić information content (AvgIpc) is 3.14. The number of carbonyl (C=O) groups is 2. The molecule has 3 rings (SSSR count). The van der Waals surface area contributed by atoms with Crippen LogP contribution in [0.2, 0.25) is 0 Å². The second kappa shape index (κ2) is 8.67. The predicted octanol–water partition coefficient (Wildman–Crippen LogP) is 4.17. The second-order valence-corrected chi connectivity index (χ2v) is 5.78. The van der Waals surface area contributed by atoms with E-state index in [4.69, 9.17) is 9.47 Å². The van der Waals surface area contributed by atoms with Gasteiger partial charge >= 0.3 is 5.97 Å². The molecule has 0 unspecified atom stereocenters. The molecule has 2 aromatic carbocycles. The Hall–Kier alpha value is -3.60. The van der Waals surface area contributed by atoms with Gasteiger partial charge in [-0.3, -0.25) is 4.79 Å². The molecule has 0 amide bonds. The van der Waals surface area contributed by atoms with Crippen LogP contribution in [0, 0.1) is 0 Å². The maximum atomic E-state index is 12.3. The Balaban J connectivity index is 1.54. The number of aromatic nitrogens is 1. The lowest BCUT2D eigenvalue weighted by atomic mass is 10.1. The third-order valence-corrected chi connectivity index (χ3v) is 3.89. The fraction of sp³-hybridized carbons (Fsp3) is 0.0909. The SMILES string of the molecule is C=CCOc1ccc(/C=C/C(=O)OCC(=O)c2c[nH]c3ccccc23)cc1. The minimum Gasteiger partial charge on any atom is -0.490 e. The highest BCUT2D eigenvalue weighted by Crippen LogP contribution is 2.18. The van der Waals surface area contributed by atoms with Gasteiger partial charge in [0.1, 0.15) is 12.4 Å². The molecule has 3 aromatic rings. The van der Waals surface area contributed by atoms with Crippen LogP contribution in [-0.2, 0) is 9.53 Å². The molecular weight excluding hydrogens is 342 g/mol. The first-order valence-electron chi connectivity index (χ1n) is 8.45. The topological polar surface area (TPSA) is 68.4 Å². The molecule has 0 fully saturated rings. The summed E-state index contributed by atoms with van der Waals surface area (Å²) in [5, 5.41) is 0.813. The summed E-state index contributed by atoms with van der Waals surface area (Å²) in [7, 11) is 0. The quantitative estimate of drug-likeness (QED) is 0.283. The monoisotopic (exact) mass is 361 g/mol. The number of nitrogens with one attached hydrogen (secondary N) is 1. The summed E-state index contributed by atoms with van der Waals surface area (Å²) in [6.07, 6.45) is 6.21. The molecule has 0 atom stereocenters. The summed E-state index contributed by atoms with van der Waals surface area (Å²) in [6, 6.07) is 14.7. The molecule has 0 bridgehead atoms. The summed E-state index contributed by atoms with van der Waals surface area (Å²) in [4.78, 5) is 27.2. The van der Waals surface area contributed by atoms with Crippen molar-refractivity contribution in [1.29, 1.82) is 0 Å². The van der Waals surface area contributed by atoms with E-state index in [1.807, 2.05) is 36.4 Å². The highest BCUT2D eigenvalue weighted by molar-refractivity contribution is 6.09. The van der Waals surface area contributed by atoms with Gasteiger partial charge in [0.2, 0.25) is 5.78 Å². The van der Waals surface area contributed by atoms with Gasteiger partial charge in [-0.05, 0) is 29.8 Å². The fourth-order valence-electron chi connectivity index (χ4n) is 2.56. The Morgan fingerprint density at radius 1 is 1.07 bits per heavy atom. The smallest absolute Gasteiger partial charge is 0.331 e. The van der Waals surface area contributed by atoms with Gasteiger partial charge in [-0.1, -0.05) is 43.0 Å². The molecule has 136 valence electrons. The lowest BCUT2D eigenvalue weighted by molar-refractivity contribution is -0.136. The van der Waals surface area contributed by atoms with Crippen LogP contribution in [0.15, 0.2) is 73.5 Å². The first-order chi connectivity index (χ1) is 13.2. The first-order valence-corrected chi connectivity index (χ1v) is 8.45. The van der Waals surface area contributed by atoms with E-state index in [2.05, 4.69) is 11.6 Å². The molecule has 0 saturated heterocycles. The Bertz CT molecular complexity index is 983. The third-order valence-electron chi connectivity index (χ3n) is 3.89. The van der Waals surface area contributed by atoms with Crippen LogP contribution < -0.4 is 4.74 Å². The van der Waals surface area contributed by atoms with E-state index in [1.165, 1.54) is 6.08 Å². The van der Waals surface area contributed by atoms with Crippen molar-refractivity contribution in [2.45, 2.75) is 0 Å². The van der Waals surface area contributed by atoms with Gasteiger partial charge in [0.05, 0.1) is 0 Å². The number of aromatic amines is 1. The van der Waals surface area contributed by atoms with Crippen LogP contribution >= 0.6 is 0 Å². The van der Waals surface area contributed by atoms with Gasteiger partial charge in [-0.15, -0.1) is 0 Å². The van der Waals surface area contributed by atoms with E-state index in [1.54, 1.807) is 30.5 Å². The van der Waals surface area contributed by atoms with E-state index < -0.39 is 5.97 Å². The Labute approximate surface area is 156 Å². The number of hydrogen-bond acceptors (Lipinski definition) is 4. The molecule has 0 aliphatic rings. The zero-order valence-electron chi connectivity index (χ0n) is 14.7. The largest absolute Gasteiger partial charge is 0.490 e. The summed E-state index contributed by atoms with van der Waals surface area (Å²) in [5.74, 6) is -0.105. The first kappa shape index (κ1) is 18.2. The van der Waals surface area contributed by atoms with E-state index in [0.717, 1.165) is 22.2 Å². The number of ether oxygens (including phenoxy) is 2. The van der Waals surface area contributed by atoms with Crippen LogP contribution in [0.5, 0.6) is 5.75 Å². The van der Waals surface area contributed by atoms with Crippen molar-refractivity contribution >= 4 is 28.7 Å². The maximum absolute atomic E-state index is 12.3. The van der Waals surface area contributed by atoms with Crippen molar-refractivity contribution in [2.24, 2.45) is 0 Å². The van der Waals surface area contributed by atoms with Crippen LogP contribution in [0.1, 0.15) is 15.9 Å². The van der Waals surface area contributed by atoms with Crippen LogP contribution in [0.25, 0.3) is 17.0 Å². The molecule has 1 aromatic heterocycles. The van der Waals surface area contributed by atoms with Crippen LogP contribution in [0.4, 0.5) is 0 Å². The molecule has 0 saturated carbocycles. The number of fused-ring (bicyclic) bond motifs is 1. The number of benzene rings is 2. The predicted molar refractivity (Wildman–Crippen MR) is 105 cm³/mol. The molecule has 27 heavy (non-hydrogen) atoms. The van der Waals surface area contributed by atoms with Gasteiger partial charge in [0.15, 0.2) is 6.61 Å². The zero-order valence-corrected chi connectivity index (χ0v) is 14.7. The zero-order chi connectivity index (χ0) is 19.1. The molecule has 1 N–H and O–H groups in total. The van der Waals surface area contributed by atoms with Crippen molar-refractivity contribution in [3.63, 3.8) is 0 Å². The normalized spacial score (nSPS) is 10.8. The molecule has 0 aliphatic heterocycles. The van der Waals surface area contributed by atoms with E-state index in [9.17, 15) is 9.59 Å². The van der Waals surface area contributed by atoms with Gasteiger partial charge in [0, 0.05) is 28.7 Å². The number of ketones is 1. The van der Waals surface area contributed by atoms with Gasteiger partial charge in [0.25, 0.3) is 0 Å². The lowest BCUT2D eigenvalue weighted by Gasteiger charge is -2.03. The number of para-hydroxylation sites is 1. The van der Waals surface area contributed by atoms with E-state index >= 15 is 0 Å². The molecule has 0 radical (unpaired) electrons. The second-order valence-electron chi connectivity index (χ2n) is 5.78. The van der Waals surface area contributed by atoms with Gasteiger partial charge in [-0.2, -0.15) is 0 Å². The van der Waals surface area contributed by atoms with Gasteiger partial charge < -0.3 is 14.5 Å². The van der Waals surface area contributed by atoms with Crippen LogP contribution in [0.3, 0.4) is 0 Å². The number of carbonyl (C=O) groups excluding carboxylic acids is 2. The Morgan fingerprint density at radius 3 is 2.63 bits per heavy atom. The lowest BCUT2D eigenvalue weighted by Crippen LogP contribution is -2.12. The number of H-pyrrole nitrogens is 1. The fourth-order valence-corrected chi connectivity index (χ4v) is 2.56. The minimum absolute atomic E-state index is 0.252. The minimum atomic E-state index is -0.574. The Morgan fingerprint density at radius 2 is 1.85 bits per heavy atom. The van der Waals surface area contributed by atoms with E-state index in [-0.39, 0.29) is 12.4 Å². The highest BCUT2D eigenvalue weighted by Gasteiger charge is 2.13. The summed E-state index contributed by atoms with van der Waals surface area (Å²) in [6.45, 7) is 3.72. The van der Waals surface area contributed by atoms with E-state index in [0.29, 0.717) is 12.2 Å². The molecule has 0 spiro atoms. The van der Waals surface area contributed by atoms with Gasteiger partial charge in [-0.25, -0.2) is 4.79 Å². The molecule has 1 heterocycles. The summed E-state index contributed by atoms with van der Waals surface area (Å²) >= 11 is 0. The number of Topliss-reactive ketones (excluding diaryl/α,β-unsaturated/α-hetero) is 1. The van der Waals surface area contributed by atoms with Crippen molar-refractivity contribution in [1.82, 2.24) is 4.98 Å². The molecule has 5 heteroatoms. The highest BCUT2D eigenvalue weighted by atomic mass is 16.5. The average molecular weight is 361 g/mol. The number of esters is 1. The van der Waals surface area contributed by atoms with Crippen molar-refractivity contribution in [3.05, 3.63) is 84.6 Å².